The summed E-state index contributed by atoms with van der Waals surface area (Å²) in [5.74, 6) is 2.07. The molecule has 1 aromatic heterocycles. The standard InChI is InChI=1S/C14H26N4O/c1-7-15-12-11(10(2)3)13(17-9-16-12)18(6)8-14(4,5)19/h9-10,19H,7-8H2,1-6H3,(H,15,16,17). The topological polar surface area (TPSA) is 61.3 Å². The molecule has 0 atom stereocenters. The summed E-state index contributed by atoms with van der Waals surface area (Å²) in [5.41, 5.74) is 0.336. The van der Waals surface area contributed by atoms with Crippen LogP contribution in [0.4, 0.5) is 11.6 Å². The van der Waals surface area contributed by atoms with Gasteiger partial charge in [0.1, 0.15) is 18.0 Å². The Morgan fingerprint density at radius 2 is 2.00 bits per heavy atom. The fourth-order valence-corrected chi connectivity index (χ4v) is 2.19. The van der Waals surface area contributed by atoms with Gasteiger partial charge in [0, 0.05) is 25.7 Å². The number of hydrogen-bond acceptors (Lipinski definition) is 5. The molecule has 0 saturated carbocycles. The van der Waals surface area contributed by atoms with Gasteiger partial charge in [0.05, 0.1) is 5.60 Å². The van der Waals surface area contributed by atoms with Crippen LogP contribution in [0.2, 0.25) is 0 Å². The predicted molar refractivity (Wildman–Crippen MR) is 79.9 cm³/mol. The molecular weight excluding hydrogens is 240 g/mol. The second-order valence-corrected chi connectivity index (χ2v) is 5.81. The van der Waals surface area contributed by atoms with Gasteiger partial charge >= 0.3 is 0 Å². The molecular formula is C14H26N4O. The van der Waals surface area contributed by atoms with E-state index in [4.69, 9.17) is 0 Å². The van der Waals surface area contributed by atoms with E-state index in [-0.39, 0.29) is 0 Å². The summed E-state index contributed by atoms with van der Waals surface area (Å²) in [4.78, 5) is 10.7. The summed E-state index contributed by atoms with van der Waals surface area (Å²) >= 11 is 0. The maximum absolute atomic E-state index is 9.95. The molecule has 0 fully saturated rings. The monoisotopic (exact) mass is 266 g/mol. The number of rotatable bonds is 6. The first-order chi connectivity index (χ1) is 8.76. The average molecular weight is 266 g/mol. The number of nitrogens with one attached hydrogen (secondary N) is 1. The van der Waals surface area contributed by atoms with Crippen molar-refractivity contribution in [1.82, 2.24) is 9.97 Å². The molecule has 0 unspecified atom stereocenters. The van der Waals surface area contributed by atoms with E-state index < -0.39 is 5.60 Å². The highest BCUT2D eigenvalue weighted by Crippen LogP contribution is 2.30. The van der Waals surface area contributed by atoms with Crippen LogP contribution in [0.15, 0.2) is 6.33 Å². The van der Waals surface area contributed by atoms with Gasteiger partial charge in [-0.25, -0.2) is 9.97 Å². The van der Waals surface area contributed by atoms with Crippen LogP contribution in [-0.4, -0.2) is 40.8 Å². The number of aromatic nitrogens is 2. The number of hydrogen-bond donors (Lipinski definition) is 2. The van der Waals surface area contributed by atoms with Crippen molar-refractivity contribution in [3.63, 3.8) is 0 Å². The number of aliphatic hydroxyl groups is 1. The van der Waals surface area contributed by atoms with Crippen molar-refractivity contribution >= 4 is 11.6 Å². The molecule has 2 N–H and O–H groups in total. The van der Waals surface area contributed by atoms with Crippen LogP contribution in [0.25, 0.3) is 0 Å². The quantitative estimate of drug-likeness (QED) is 0.827. The highest BCUT2D eigenvalue weighted by atomic mass is 16.3. The van der Waals surface area contributed by atoms with E-state index >= 15 is 0 Å². The number of likely N-dealkylation sites (N-methyl/N-ethyl adjacent to an activating group) is 1. The van der Waals surface area contributed by atoms with Gasteiger partial charge in [-0.2, -0.15) is 0 Å². The van der Waals surface area contributed by atoms with Crippen molar-refractivity contribution in [2.24, 2.45) is 0 Å². The molecule has 1 rings (SSSR count). The first-order valence-corrected chi connectivity index (χ1v) is 6.78. The van der Waals surface area contributed by atoms with Crippen molar-refractivity contribution in [2.75, 3.05) is 30.4 Å². The van der Waals surface area contributed by atoms with Crippen LogP contribution in [0, 0.1) is 0 Å². The molecule has 19 heavy (non-hydrogen) atoms. The van der Waals surface area contributed by atoms with E-state index in [1.54, 1.807) is 20.2 Å². The minimum absolute atomic E-state index is 0.314. The zero-order chi connectivity index (χ0) is 14.6. The summed E-state index contributed by atoms with van der Waals surface area (Å²) in [6.07, 6.45) is 1.57. The van der Waals surface area contributed by atoms with Gasteiger partial charge < -0.3 is 15.3 Å². The Kier molecular flexibility index (Phi) is 5.11. The van der Waals surface area contributed by atoms with Crippen LogP contribution in [0.3, 0.4) is 0 Å². The Labute approximate surface area is 116 Å². The molecule has 5 heteroatoms. The van der Waals surface area contributed by atoms with Gasteiger partial charge in [-0.15, -0.1) is 0 Å². The lowest BCUT2D eigenvalue weighted by molar-refractivity contribution is 0.0884. The first-order valence-electron chi connectivity index (χ1n) is 6.78. The molecule has 0 bridgehead atoms. The Hall–Kier alpha value is -1.36. The van der Waals surface area contributed by atoms with Gasteiger partial charge in [0.15, 0.2) is 0 Å². The normalized spacial score (nSPS) is 11.8. The molecule has 0 radical (unpaired) electrons. The Morgan fingerprint density at radius 1 is 1.37 bits per heavy atom. The van der Waals surface area contributed by atoms with E-state index in [1.165, 1.54) is 0 Å². The van der Waals surface area contributed by atoms with Gasteiger partial charge in [-0.1, -0.05) is 13.8 Å². The third-order valence-electron chi connectivity index (χ3n) is 2.77. The SMILES string of the molecule is CCNc1ncnc(N(C)CC(C)(C)O)c1C(C)C. The van der Waals surface area contributed by atoms with Crippen molar-refractivity contribution < 1.29 is 5.11 Å². The molecule has 1 heterocycles. The molecule has 0 aliphatic heterocycles. The molecule has 5 nitrogen and oxygen atoms in total. The molecule has 0 amide bonds. The summed E-state index contributed by atoms with van der Waals surface area (Å²) in [7, 11) is 1.95. The van der Waals surface area contributed by atoms with Crippen molar-refractivity contribution in [1.29, 1.82) is 0 Å². The van der Waals surface area contributed by atoms with E-state index in [0.717, 1.165) is 23.7 Å². The fraction of sp³-hybridized carbons (Fsp3) is 0.714. The molecule has 0 aliphatic rings. The molecule has 0 spiro atoms. The maximum Gasteiger partial charge on any atom is 0.137 e. The number of nitrogens with zero attached hydrogens (tertiary/aromatic N) is 3. The van der Waals surface area contributed by atoms with Gasteiger partial charge in [-0.05, 0) is 26.7 Å². The molecule has 108 valence electrons. The lowest BCUT2D eigenvalue weighted by Gasteiger charge is -2.29. The van der Waals surface area contributed by atoms with E-state index in [0.29, 0.717) is 12.5 Å². The van der Waals surface area contributed by atoms with Gasteiger partial charge in [0.25, 0.3) is 0 Å². The summed E-state index contributed by atoms with van der Waals surface area (Å²) in [6.45, 7) is 11.2. The van der Waals surface area contributed by atoms with Gasteiger partial charge in [0.2, 0.25) is 0 Å². The van der Waals surface area contributed by atoms with Crippen LogP contribution in [0.1, 0.15) is 46.1 Å². The van der Waals surface area contributed by atoms with Crippen molar-refractivity contribution in [2.45, 2.75) is 46.1 Å². The average Bonchev–Trinajstić information content (AvgIpc) is 2.26. The Balaban J connectivity index is 3.15. The zero-order valence-electron chi connectivity index (χ0n) is 12.9. The molecule has 0 aliphatic carbocycles. The van der Waals surface area contributed by atoms with E-state index in [9.17, 15) is 5.11 Å². The summed E-state index contributed by atoms with van der Waals surface area (Å²) < 4.78 is 0. The first kappa shape index (κ1) is 15.7. The zero-order valence-corrected chi connectivity index (χ0v) is 12.9. The van der Waals surface area contributed by atoms with E-state index in [2.05, 4.69) is 29.1 Å². The second kappa shape index (κ2) is 6.19. The van der Waals surface area contributed by atoms with Gasteiger partial charge in [-0.3, -0.25) is 0 Å². The highest BCUT2D eigenvalue weighted by Gasteiger charge is 2.22. The van der Waals surface area contributed by atoms with Crippen molar-refractivity contribution in [3.05, 3.63) is 11.9 Å². The third kappa shape index (κ3) is 4.35. The lowest BCUT2D eigenvalue weighted by Crippen LogP contribution is -2.37. The summed E-state index contributed by atoms with van der Waals surface area (Å²) in [6, 6.07) is 0. The Morgan fingerprint density at radius 3 is 2.47 bits per heavy atom. The minimum Gasteiger partial charge on any atom is -0.389 e. The predicted octanol–water partition coefficient (Wildman–Crippen LogP) is 2.24. The van der Waals surface area contributed by atoms with Crippen LogP contribution >= 0.6 is 0 Å². The number of anilines is 2. The molecule has 0 saturated heterocycles. The van der Waals surface area contributed by atoms with E-state index in [1.807, 2.05) is 18.9 Å². The molecule has 1 aromatic rings. The van der Waals surface area contributed by atoms with Crippen LogP contribution in [-0.2, 0) is 0 Å². The summed E-state index contributed by atoms with van der Waals surface area (Å²) in [5, 5.41) is 13.2. The highest BCUT2D eigenvalue weighted by molar-refractivity contribution is 5.60. The minimum atomic E-state index is -0.758. The molecule has 0 aromatic carbocycles. The van der Waals surface area contributed by atoms with Crippen LogP contribution < -0.4 is 10.2 Å². The van der Waals surface area contributed by atoms with Crippen LogP contribution in [0.5, 0.6) is 0 Å². The Bertz CT molecular complexity index is 412. The largest absolute Gasteiger partial charge is 0.389 e. The maximum atomic E-state index is 9.95. The lowest BCUT2D eigenvalue weighted by atomic mass is 10.0. The smallest absolute Gasteiger partial charge is 0.137 e. The fourth-order valence-electron chi connectivity index (χ4n) is 2.19. The second-order valence-electron chi connectivity index (χ2n) is 5.81. The third-order valence-corrected chi connectivity index (χ3v) is 2.77. The van der Waals surface area contributed by atoms with Crippen molar-refractivity contribution in [3.8, 4) is 0 Å².